The average molecular weight is 435 g/mol. The number of fused-ring (bicyclic) bond motifs is 1. The lowest BCUT2D eigenvalue weighted by atomic mass is 9.90. The van der Waals surface area contributed by atoms with E-state index in [-0.39, 0.29) is 18.1 Å². The van der Waals surface area contributed by atoms with Crippen LogP contribution in [0.2, 0.25) is 0 Å². The van der Waals surface area contributed by atoms with E-state index >= 15 is 0 Å². The fraction of sp³-hybridized carbons (Fsp3) is 0.360. The molecule has 168 valence electrons. The van der Waals surface area contributed by atoms with Crippen LogP contribution in [0.5, 0.6) is 0 Å². The molecule has 5 N–H and O–H groups in total. The molecule has 2 heterocycles. The highest BCUT2D eigenvalue weighted by atomic mass is 16.5. The summed E-state index contributed by atoms with van der Waals surface area (Å²) in [6.45, 7) is 5.53. The molecule has 0 atom stereocenters. The summed E-state index contributed by atoms with van der Waals surface area (Å²) in [7, 11) is 0. The number of esters is 1. The molecular weight excluding hydrogens is 404 g/mol. The van der Waals surface area contributed by atoms with Gasteiger partial charge in [0.05, 0.1) is 41.5 Å². The topological polar surface area (TPSA) is 115 Å². The number of pyridine rings is 1. The minimum atomic E-state index is -0.343. The van der Waals surface area contributed by atoms with E-state index in [4.69, 9.17) is 21.2 Å². The van der Waals surface area contributed by atoms with Gasteiger partial charge >= 0.3 is 5.97 Å². The van der Waals surface area contributed by atoms with Crippen LogP contribution < -0.4 is 16.4 Å². The monoisotopic (exact) mass is 434 g/mol. The molecule has 0 amide bonds. The van der Waals surface area contributed by atoms with Gasteiger partial charge in [0.25, 0.3) is 0 Å². The van der Waals surface area contributed by atoms with Gasteiger partial charge in [-0.2, -0.15) is 0 Å². The quantitative estimate of drug-likeness (QED) is 0.527. The molecule has 1 aliphatic rings. The molecule has 4 rings (SSSR count). The summed E-state index contributed by atoms with van der Waals surface area (Å²) in [5, 5.41) is 12.0. The zero-order valence-electron chi connectivity index (χ0n) is 18.6. The summed E-state index contributed by atoms with van der Waals surface area (Å²) < 4.78 is 5.11. The van der Waals surface area contributed by atoms with E-state index in [0.717, 1.165) is 48.0 Å². The second kappa shape index (κ2) is 8.76. The van der Waals surface area contributed by atoms with Crippen LogP contribution in [0.1, 0.15) is 42.7 Å². The van der Waals surface area contributed by atoms with Crippen molar-refractivity contribution in [1.29, 1.82) is 0 Å². The number of aliphatic hydroxyl groups excluding tert-OH is 1. The van der Waals surface area contributed by atoms with E-state index < -0.39 is 0 Å². The molecule has 1 fully saturated rings. The summed E-state index contributed by atoms with van der Waals surface area (Å²) in [4.78, 5) is 19.0. The minimum Gasteiger partial charge on any atom is -0.462 e. The van der Waals surface area contributed by atoms with Crippen molar-refractivity contribution in [3.05, 3.63) is 53.7 Å². The Morgan fingerprint density at radius 3 is 2.56 bits per heavy atom. The van der Waals surface area contributed by atoms with E-state index in [2.05, 4.69) is 11.8 Å². The molecule has 0 bridgehead atoms. The molecule has 0 spiro atoms. The number of rotatable bonds is 5. The van der Waals surface area contributed by atoms with E-state index in [1.54, 1.807) is 13.0 Å². The number of carbonyl (C=O) groups excluding carboxylic acids is 1. The summed E-state index contributed by atoms with van der Waals surface area (Å²) in [6.07, 6.45) is 1.71. The van der Waals surface area contributed by atoms with E-state index in [1.165, 1.54) is 0 Å². The number of nitrogens with two attached hydrogens (primary N) is 2. The van der Waals surface area contributed by atoms with Crippen molar-refractivity contribution in [2.24, 2.45) is 5.73 Å². The second-order valence-electron chi connectivity index (χ2n) is 8.69. The third-order valence-corrected chi connectivity index (χ3v) is 6.11. The Kier molecular flexibility index (Phi) is 6.04. The number of hydrogen-bond acceptors (Lipinski definition) is 7. The number of carbonyl (C=O) groups is 1. The molecule has 1 saturated heterocycles. The summed E-state index contributed by atoms with van der Waals surface area (Å²) in [5.41, 5.74) is 16.5. The molecule has 3 aromatic rings. The molecule has 0 saturated carbocycles. The van der Waals surface area contributed by atoms with Crippen LogP contribution in [-0.2, 0) is 11.3 Å². The molecule has 7 heteroatoms. The first-order valence-electron chi connectivity index (χ1n) is 11.0. The van der Waals surface area contributed by atoms with Crippen LogP contribution >= 0.6 is 0 Å². The number of anilines is 2. The fourth-order valence-electron chi connectivity index (χ4n) is 4.22. The predicted molar refractivity (Wildman–Crippen MR) is 128 cm³/mol. The third kappa shape index (κ3) is 4.40. The van der Waals surface area contributed by atoms with Crippen molar-refractivity contribution >= 4 is 28.1 Å². The lowest BCUT2D eigenvalue weighted by molar-refractivity contribution is 0.0526. The van der Waals surface area contributed by atoms with Crippen molar-refractivity contribution in [3.63, 3.8) is 0 Å². The SMILES string of the molecule is CCOC(=O)c1ccc2ccc(-c3cc(N)c(N4CCC(C)(N)CC4)c(CO)n3)cc2c1. The zero-order chi connectivity index (χ0) is 22.9. The van der Waals surface area contributed by atoms with Crippen LogP contribution in [-0.4, -0.2) is 41.3 Å². The molecule has 2 aromatic carbocycles. The predicted octanol–water partition coefficient (Wildman–Crippen LogP) is 3.47. The van der Waals surface area contributed by atoms with Gasteiger partial charge in [-0.05, 0) is 61.7 Å². The van der Waals surface area contributed by atoms with Crippen LogP contribution in [0.25, 0.3) is 22.0 Å². The van der Waals surface area contributed by atoms with Crippen LogP contribution in [0.3, 0.4) is 0 Å². The Labute approximate surface area is 188 Å². The summed E-state index contributed by atoms with van der Waals surface area (Å²) in [6, 6.07) is 13.3. The normalized spacial score (nSPS) is 15.7. The van der Waals surface area contributed by atoms with Gasteiger partial charge in [0.15, 0.2) is 0 Å². The van der Waals surface area contributed by atoms with Crippen molar-refractivity contribution in [2.45, 2.75) is 38.8 Å². The van der Waals surface area contributed by atoms with Crippen LogP contribution in [0, 0.1) is 0 Å². The maximum Gasteiger partial charge on any atom is 0.338 e. The Balaban J connectivity index is 1.70. The van der Waals surface area contributed by atoms with Crippen molar-refractivity contribution < 1.29 is 14.6 Å². The number of aliphatic hydroxyl groups is 1. The molecule has 7 nitrogen and oxygen atoms in total. The Morgan fingerprint density at radius 2 is 1.88 bits per heavy atom. The highest BCUT2D eigenvalue weighted by Gasteiger charge is 2.28. The van der Waals surface area contributed by atoms with Gasteiger partial charge in [-0.15, -0.1) is 0 Å². The lowest BCUT2D eigenvalue weighted by Crippen LogP contribution is -2.48. The highest BCUT2D eigenvalue weighted by Crippen LogP contribution is 2.35. The molecular formula is C25H30N4O3. The van der Waals surface area contributed by atoms with Crippen LogP contribution in [0.15, 0.2) is 42.5 Å². The van der Waals surface area contributed by atoms with Gasteiger partial charge in [0.1, 0.15) is 0 Å². The van der Waals surface area contributed by atoms with Gasteiger partial charge in [-0.3, -0.25) is 0 Å². The third-order valence-electron chi connectivity index (χ3n) is 6.11. The Hall–Kier alpha value is -3.16. The van der Waals surface area contributed by atoms with E-state index in [0.29, 0.717) is 29.2 Å². The van der Waals surface area contributed by atoms with E-state index in [1.807, 2.05) is 36.4 Å². The number of benzene rings is 2. The first kappa shape index (κ1) is 22.0. The highest BCUT2D eigenvalue weighted by molar-refractivity contribution is 5.96. The Bertz CT molecular complexity index is 1150. The first-order valence-corrected chi connectivity index (χ1v) is 11.0. The molecule has 1 aromatic heterocycles. The number of piperidine rings is 1. The standard InChI is InChI=1S/C25H30N4O3/c1-3-32-24(31)18-7-5-16-4-6-17(12-19(16)13-18)21-14-20(26)23(22(15-30)28-21)29-10-8-25(2,27)9-11-29/h4-7,12-14,30H,3,8-11,15,27H2,1-2H3,(H2,26,28). The van der Waals surface area contributed by atoms with Gasteiger partial charge in [0.2, 0.25) is 0 Å². The van der Waals surface area contributed by atoms with Crippen molar-refractivity contribution in [2.75, 3.05) is 30.3 Å². The van der Waals surface area contributed by atoms with E-state index in [9.17, 15) is 9.90 Å². The number of nitrogen functional groups attached to an aromatic ring is 1. The van der Waals surface area contributed by atoms with Gasteiger partial charge in [-0.25, -0.2) is 9.78 Å². The van der Waals surface area contributed by atoms with Gasteiger partial charge in [-0.1, -0.05) is 18.2 Å². The maximum absolute atomic E-state index is 12.1. The lowest BCUT2D eigenvalue weighted by Gasteiger charge is -2.39. The number of hydrogen-bond donors (Lipinski definition) is 3. The summed E-state index contributed by atoms with van der Waals surface area (Å²) >= 11 is 0. The molecule has 0 unspecified atom stereocenters. The number of nitrogens with zero attached hydrogens (tertiary/aromatic N) is 2. The molecule has 32 heavy (non-hydrogen) atoms. The largest absolute Gasteiger partial charge is 0.462 e. The minimum absolute atomic E-state index is 0.175. The Morgan fingerprint density at radius 1 is 1.16 bits per heavy atom. The number of aromatic nitrogens is 1. The second-order valence-corrected chi connectivity index (χ2v) is 8.69. The molecule has 0 aliphatic carbocycles. The van der Waals surface area contributed by atoms with Crippen LogP contribution in [0.4, 0.5) is 11.4 Å². The average Bonchev–Trinajstić information content (AvgIpc) is 2.78. The number of ether oxygens (including phenoxy) is 1. The fourth-order valence-corrected chi connectivity index (χ4v) is 4.22. The van der Waals surface area contributed by atoms with Crippen molar-refractivity contribution in [3.8, 4) is 11.3 Å². The van der Waals surface area contributed by atoms with Gasteiger partial charge < -0.3 is 26.2 Å². The maximum atomic E-state index is 12.1. The first-order chi connectivity index (χ1) is 15.3. The van der Waals surface area contributed by atoms with Gasteiger partial charge in [0, 0.05) is 24.2 Å². The molecule has 1 aliphatic heterocycles. The molecule has 0 radical (unpaired) electrons. The smallest absolute Gasteiger partial charge is 0.338 e. The van der Waals surface area contributed by atoms with Crippen molar-refractivity contribution in [1.82, 2.24) is 4.98 Å². The summed E-state index contributed by atoms with van der Waals surface area (Å²) in [5.74, 6) is -0.343. The zero-order valence-corrected chi connectivity index (χ0v) is 18.6.